The van der Waals surface area contributed by atoms with Crippen LogP contribution in [-0.4, -0.2) is 65.4 Å². The summed E-state index contributed by atoms with van der Waals surface area (Å²) in [6, 6.07) is 22.4. The number of ether oxygens (including phenoxy) is 8. The minimum Gasteiger partial charge on any atom is -0.493 e. The molecule has 8 rings (SSSR count). The second kappa shape index (κ2) is 14.7. The molecular formula is C43H43NO11. The lowest BCUT2D eigenvalue weighted by molar-refractivity contribution is -0.158. The fourth-order valence-electron chi connectivity index (χ4n) is 8.58. The van der Waals surface area contributed by atoms with Crippen LogP contribution in [0.4, 0.5) is 4.79 Å². The Kier molecular flexibility index (Phi) is 9.66. The van der Waals surface area contributed by atoms with E-state index in [1.54, 1.807) is 6.07 Å². The zero-order valence-electron chi connectivity index (χ0n) is 31.3. The van der Waals surface area contributed by atoms with Crippen molar-refractivity contribution < 1.29 is 52.3 Å². The summed E-state index contributed by atoms with van der Waals surface area (Å²) in [4.78, 5) is 41.5. The van der Waals surface area contributed by atoms with E-state index in [1.165, 1.54) is 21.3 Å². The van der Waals surface area contributed by atoms with Crippen molar-refractivity contribution >= 4 is 18.0 Å². The van der Waals surface area contributed by atoms with Crippen molar-refractivity contribution in [3.63, 3.8) is 0 Å². The Labute approximate surface area is 318 Å². The van der Waals surface area contributed by atoms with Crippen molar-refractivity contribution in [2.45, 2.75) is 44.2 Å². The van der Waals surface area contributed by atoms with Crippen LogP contribution in [0, 0.1) is 17.8 Å². The lowest BCUT2D eigenvalue weighted by Gasteiger charge is -2.39. The van der Waals surface area contributed by atoms with Gasteiger partial charge in [0.2, 0.25) is 12.5 Å². The molecule has 1 fully saturated rings. The molecule has 2 heterocycles. The zero-order chi connectivity index (χ0) is 38.4. The number of amides is 1. The maximum Gasteiger partial charge on any atom is 0.407 e. The third kappa shape index (κ3) is 6.23. The highest BCUT2D eigenvalue weighted by atomic mass is 16.7. The van der Waals surface area contributed by atoms with Gasteiger partial charge in [0, 0.05) is 23.3 Å². The van der Waals surface area contributed by atoms with Gasteiger partial charge in [0.05, 0.1) is 33.9 Å². The predicted molar refractivity (Wildman–Crippen MR) is 199 cm³/mol. The van der Waals surface area contributed by atoms with E-state index >= 15 is 0 Å². The highest BCUT2D eigenvalue weighted by Gasteiger charge is 2.54. The third-order valence-corrected chi connectivity index (χ3v) is 11.5. The molecule has 4 aliphatic rings. The molecule has 55 heavy (non-hydrogen) atoms. The summed E-state index contributed by atoms with van der Waals surface area (Å²) < 4.78 is 46.4. The third-order valence-electron chi connectivity index (χ3n) is 11.5. The molecular weight excluding hydrogens is 706 g/mol. The van der Waals surface area contributed by atoms with E-state index in [2.05, 4.69) is 17.4 Å². The van der Waals surface area contributed by atoms with Crippen molar-refractivity contribution in [2.24, 2.45) is 17.8 Å². The lowest BCUT2D eigenvalue weighted by atomic mass is 9.66. The summed E-state index contributed by atoms with van der Waals surface area (Å²) in [7, 11) is 4.58. The van der Waals surface area contributed by atoms with Gasteiger partial charge in [-0.25, -0.2) is 9.59 Å². The average molecular weight is 750 g/mol. The van der Waals surface area contributed by atoms with E-state index in [1.807, 2.05) is 68.4 Å². The van der Waals surface area contributed by atoms with Gasteiger partial charge in [-0.2, -0.15) is 0 Å². The van der Waals surface area contributed by atoms with Gasteiger partial charge in [0.15, 0.2) is 23.0 Å². The quantitative estimate of drug-likeness (QED) is 0.127. The van der Waals surface area contributed by atoms with Crippen molar-refractivity contribution in [3.8, 4) is 39.9 Å². The van der Waals surface area contributed by atoms with E-state index in [0.717, 1.165) is 22.3 Å². The normalized spacial score (nSPS) is 21.2. The van der Waals surface area contributed by atoms with Crippen LogP contribution in [0.2, 0.25) is 0 Å². The smallest absolute Gasteiger partial charge is 0.407 e. The second-order valence-electron chi connectivity index (χ2n) is 14.3. The average Bonchev–Trinajstić information content (AvgIpc) is 3.92. The molecule has 6 atom stereocenters. The molecule has 0 aromatic heterocycles. The van der Waals surface area contributed by atoms with Crippen LogP contribution in [0.25, 0.3) is 11.1 Å². The number of benzene rings is 4. The summed E-state index contributed by atoms with van der Waals surface area (Å²) in [6.45, 7) is 3.93. The summed E-state index contributed by atoms with van der Waals surface area (Å²) in [5.74, 6) is -1.16. The van der Waals surface area contributed by atoms with E-state index in [-0.39, 0.29) is 31.8 Å². The van der Waals surface area contributed by atoms with E-state index in [4.69, 9.17) is 37.9 Å². The first-order chi connectivity index (χ1) is 26.8. The minimum atomic E-state index is -1.04. The Balaban J connectivity index is 1.09. The second-order valence-corrected chi connectivity index (χ2v) is 14.3. The van der Waals surface area contributed by atoms with Crippen LogP contribution in [0.3, 0.4) is 0 Å². The number of cyclic esters (lactones) is 1. The molecule has 0 spiro atoms. The maximum atomic E-state index is 14.3. The topological polar surface area (TPSA) is 137 Å². The van der Waals surface area contributed by atoms with Gasteiger partial charge in [-0.3, -0.25) is 4.79 Å². The Morgan fingerprint density at radius 2 is 1.44 bits per heavy atom. The van der Waals surface area contributed by atoms with Crippen molar-refractivity contribution in [1.29, 1.82) is 0 Å². The number of rotatable bonds is 11. The van der Waals surface area contributed by atoms with Gasteiger partial charge < -0.3 is 43.2 Å². The Bertz CT molecular complexity index is 2080. The first-order valence-electron chi connectivity index (χ1n) is 18.5. The molecule has 1 N–H and O–H groups in total. The van der Waals surface area contributed by atoms with Crippen LogP contribution in [0.5, 0.6) is 28.7 Å². The molecule has 1 amide bonds. The number of fused-ring (bicyclic) bond motifs is 6. The SMILES string of the molecule is CCC(C)C(NC(=O)OCC1c2ccccc2-c2ccccc21)C(=O)O[C@H]1c2cc3c(cc2[C@@H](c2cc(OC)c(OC)c(OC)c2)[C@@H]2C(=O)OC[C@@H]21)OCO3. The molecule has 2 aliphatic heterocycles. The fourth-order valence-corrected chi connectivity index (χ4v) is 8.58. The highest BCUT2D eigenvalue weighted by molar-refractivity contribution is 5.83. The van der Waals surface area contributed by atoms with Gasteiger partial charge in [0.25, 0.3) is 0 Å². The molecule has 2 unspecified atom stereocenters. The van der Waals surface area contributed by atoms with E-state index in [0.29, 0.717) is 51.9 Å². The van der Waals surface area contributed by atoms with Crippen LogP contribution in [0.1, 0.15) is 66.0 Å². The van der Waals surface area contributed by atoms with Crippen LogP contribution in [0.15, 0.2) is 72.8 Å². The summed E-state index contributed by atoms with van der Waals surface area (Å²) >= 11 is 0. The summed E-state index contributed by atoms with van der Waals surface area (Å²) in [6.07, 6.45) is -1.07. The van der Waals surface area contributed by atoms with Gasteiger partial charge >= 0.3 is 18.0 Å². The number of carbonyl (C=O) groups excluding carboxylic acids is 3. The molecule has 12 nitrogen and oxygen atoms in total. The molecule has 1 saturated heterocycles. The van der Waals surface area contributed by atoms with Gasteiger partial charge in [-0.05, 0) is 63.6 Å². The fraction of sp³-hybridized carbons (Fsp3) is 0.372. The first kappa shape index (κ1) is 36.1. The van der Waals surface area contributed by atoms with Crippen LogP contribution >= 0.6 is 0 Å². The lowest BCUT2D eigenvalue weighted by Crippen LogP contribution is -2.47. The molecule has 286 valence electrons. The van der Waals surface area contributed by atoms with Crippen LogP contribution in [-0.2, 0) is 23.8 Å². The first-order valence-corrected chi connectivity index (χ1v) is 18.5. The summed E-state index contributed by atoms with van der Waals surface area (Å²) in [5, 5.41) is 2.82. The number of methoxy groups -OCH3 is 3. The van der Waals surface area contributed by atoms with Gasteiger partial charge in [-0.15, -0.1) is 0 Å². The minimum absolute atomic E-state index is 0.0179. The van der Waals surface area contributed by atoms with Crippen molar-refractivity contribution in [3.05, 3.63) is 101 Å². The predicted octanol–water partition coefficient (Wildman–Crippen LogP) is 6.91. The molecule has 0 bridgehead atoms. The number of hydrogen-bond donors (Lipinski definition) is 1. The standard InChI is InChI=1S/C43H43NO11/c1-6-22(2)38(44-43(47)52-19-30-26-13-9-7-11-24(26)25-12-8-10-14-27(25)30)42(46)55-39-29-18-33-32(53-21-54-33)17-28(29)36(37-31(39)20-51-41(37)45)23-15-34(48-3)40(50-5)35(16-23)49-4/h7-18,22,30-31,36-39H,6,19-21H2,1-5H3,(H,44,47)/t22?,31-,36+,37+,38?,39-/m0/s1. The molecule has 2 aliphatic carbocycles. The number of hydrogen-bond acceptors (Lipinski definition) is 11. The van der Waals surface area contributed by atoms with Gasteiger partial charge in [-0.1, -0.05) is 68.8 Å². The molecule has 0 saturated carbocycles. The maximum absolute atomic E-state index is 14.3. The van der Waals surface area contributed by atoms with E-state index < -0.39 is 47.9 Å². The zero-order valence-corrected chi connectivity index (χ0v) is 31.3. The Hall–Kier alpha value is -5.91. The summed E-state index contributed by atoms with van der Waals surface area (Å²) in [5.41, 5.74) is 6.44. The molecule has 4 aromatic rings. The number of esters is 2. The van der Waals surface area contributed by atoms with E-state index in [9.17, 15) is 14.4 Å². The van der Waals surface area contributed by atoms with Crippen molar-refractivity contribution in [1.82, 2.24) is 5.32 Å². The largest absolute Gasteiger partial charge is 0.493 e. The number of carbonyl (C=O) groups is 3. The van der Waals surface area contributed by atoms with Gasteiger partial charge in [0.1, 0.15) is 18.8 Å². The van der Waals surface area contributed by atoms with Crippen molar-refractivity contribution in [2.75, 3.05) is 41.3 Å². The number of nitrogens with one attached hydrogen (secondary N) is 1. The molecule has 4 aromatic carbocycles. The van der Waals surface area contributed by atoms with Crippen LogP contribution < -0.4 is 29.0 Å². The Morgan fingerprint density at radius 1 is 0.818 bits per heavy atom. The monoisotopic (exact) mass is 749 g/mol. The molecule has 12 heteroatoms. The Morgan fingerprint density at radius 3 is 2.04 bits per heavy atom. The molecule has 0 radical (unpaired) electrons. The number of alkyl carbamates (subject to hydrolysis) is 1. The highest BCUT2D eigenvalue weighted by Crippen LogP contribution is 2.56.